The molecule has 1 aromatic rings. The quantitative estimate of drug-likeness (QED) is 0.460. The standard InChI is InChI=1S/C13H18ClNO2/c1-13(2,3)12(14)8-7-10-5-4-6-11(9-10)15(16)17/h4-6,9,12H,7-8H2,1-3H3. The molecule has 0 heterocycles. The number of nitro groups is 1. The molecule has 0 amide bonds. The molecule has 0 fully saturated rings. The van der Waals surface area contributed by atoms with Gasteiger partial charge in [-0.1, -0.05) is 32.9 Å². The van der Waals surface area contributed by atoms with E-state index in [1.807, 2.05) is 6.07 Å². The molecule has 0 aromatic heterocycles. The molecular weight excluding hydrogens is 238 g/mol. The van der Waals surface area contributed by atoms with Crippen LogP contribution in [0.1, 0.15) is 32.8 Å². The third-order valence-electron chi connectivity index (χ3n) is 2.75. The number of hydrogen-bond donors (Lipinski definition) is 0. The van der Waals surface area contributed by atoms with E-state index in [9.17, 15) is 10.1 Å². The summed E-state index contributed by atoms with van der Waals surface area (Å²) in [6.07, 6.45) is 1.60. The number of rotatable bonds is 4. The van der Waals surface area contributed by atoms with Crippen molar-refractivity contribution in [2.75, 3.05) is 0 Å². The molecule has 0 N–H and O–H groups in total. The van der Waals surface area contributed by atoms with Crippen LogP contribution < -0.4 is 0 Å². The number of halogens is 1. The van der Waals surface area contributed by atoms with Gasteiger partial charge in [0.25, 0.3) is 5.69 Å². The van der Waals surface area contributed by atoms with E-state index in [1.54, 1.807) is 12.1 Å². The summed E-state index contributed by atoms with van der Waals surface area (Å²) in [5, 5.41) is 10.7. The third-order valence-corrected chi connectivity index (χ3v) is 3.62. The van der Waals surface area contributed by atoms with Crippen LogP contribution in [0.15, 0.2) is 24.3 Å². The normalized spacial score (nSPS) is 13.4. The molecule has 1 atom stereocenters. The Bertz CT molecular complexity index is 399. The zero-order valence-electron chi connectivity index (χ0n) is 10.4. The Balaban J connectivity index is 2.64. The monoisotopic (exact) mass is 255 g/mol. The highest BCUT2D eigenvalue weighted by molar-refractivity contribution is 6.21. The van der Waals surface area contributed by atoms with Crippen molar-refractivity contribution in [3.63, 3.8) is 0 Å². The molecule has 3 nitrogen and oxygen atoms in total. The molecule has 0 aliphatic carbocycles. The molecule has 0 aliphatic rings. The van der Waals surface area contributed by atoms with Crippen molar-refractivity contribution >= 4 is 17.3 Å². The van der Waals surface area contributed by atoms with Gasteiger partial charge in [-0.05, 0) is 23.8 Å². The summed E-state index contributed by atoms with van der Waals surface area (Å²) in [5.74, 6) is 0. The second-order valence-electron chi connectivity index (χ2n) is 5.30. The Labute approximate surface area is 107 Å². The van der Waals surface area contributed by atoms with Gasteiger partial charge < -0.3 is 0 Å². The predicted molar refractivity (Wildman–Crippen MR) is 70.5 cm³/mol. The highest BCUT2D eigenvalue weighted by Gasteiger charge is 2.21. The van der Waals surface area contributed by atoms with E-state index in [2.05, 4.69) is 20.8 Å². The van der Waals surface area contributed by atoms with Crippen LogP contribution in [-0.4, -0.2) is 10.3 Å². The number of hydrogen-bond acceptors (Lipinski definition) is 2. The van der Waals surface area contributed by atoms with Crippen LogP contribution in [0, 0.1) is 15.5 Å². The fourth-order valence-corrected chi connectivity index (χ4v) is 1.66. The largest absolute Gasteiger partial charge is 0.269 e. The van der Waals surface area contributed by atoms with Crippen molar-refractivity contribution in [3.8, 4) is 0 Å². The first-order chi connectivity index (χ1) is 7.80. The molecule has 0 bridgehead atoms. The summed E-state index contributed by atoms with van der Waals surface area (Å²) in [4.78, 5) is 10.3. The first kappa shape index (κ1) is 14.0. The number of nitrogens with zero attached hydrogens (tertiary/aromatic N) is 1. The van der Waals surface area contributed by atoms with Gasteiger partial charge in [0.15, 0.2) is 0 Å². The molecule has 17 heavy (non-hydrogen) atoms. The molecule has 1 unspecified atom stereocenters. The summed E-state index contributed by atoms with van der Waals surface area (Å²) >= 11 is 6.28. The number of non-ortho nitro benzene ring substituents is 1. The van der Waals surface area contributed by atoms with Crippen LogP contribution in [0.25, 0.3) is 0 Å². The Kier molecular flexibility index (Phi) is 4.52. The van der Waals surface area contributed by atoms with Gasteiger partial charge in [-0.2, -0.15) is 0 Å². The molecule has 1 rings (SSSR count). The first-order valence-electron chi connectivity index (χ1n) is 5.68. The molecule has 0 spiro atoms. The molecular formula is C13H18ClNO2. The van der Waals surface area contributed by atoms with E-state index in [1.165, 1.54) is 6.07 Å². The summed E-state index contributed by atoms with van der Waals surface area (Å²) in [6, 6.07) is 6.74. The third kappa shape index (κ3) is 4.35. The minimum atomic E-state index is -0.370. The van der Waals surface area contributed by atoms with Crippen molar-refractivity contribution in [2.45, 2.75) is 39.0 Å². The molecule has 0 radical (unpaired) electrons. The van der Waals surface area contributed by atoms with E-state index in [-0.39, 0.29) is 21.4 Å². The van der Waals surface area contributed by atoms with E-state index >= 15 is 0 Å². The van der Waals surface area contributed by atoms with Crippen molar-refractivity contribution in [1.29, 1.82) is 0 Å². The van der Waals surface area contributed by atoms with Crippen molar-refractivity contribution in [1.82, 2.24) is 0 Å². The van der Waals surface area contributed by atoms with E-state index in [0.29, 0.717) is 0 Å². The molecule has 1 aromatic carbocycles. The zero-order valence-corrected chi connectivity index (χ0v) is 11.2. The molecule has 0 aliphatic heterocycles. The average Bonchev–Trinajstić information content (AvgIpc) is 2.25. The minimum Gasteiger partial charge on any atom is -0.258 e. The Morgan fingerprint density at radius 3 is 2.59 bits per heavy atom. The van der Waals surface area contributed by atoms with Crippen LogP contribution in [0.2, 0.25) is 0 Å². The predicted octanol–water partition coefficient (Wildman–Crippen LogP) is 4.18. The summed E-state index contributed by atoms with van der Waals surface area (Å²) in [7, 11) is 0. The van der Waals surface area contributed by atoms with Gasteiger partial charge in [0.2, 0.25) is 0 Å². The number of aryl methyl sites for hydroxylation is 1. The van der Waals surface area contributed by atoms with E-state index in [0.717, 1.165) is 18.4 Å². The summed E-state index contributed by atoms with van der Waals surface area (Å²) in [5.41, 5.74) is 1.17. The molecule has 4 heteroatoms. The van der Waals surface area contributed by atoms with Gasteiger partial charge in [-0.3, -0.25) is 10.1 Å². The lowest BCUT2D eigenvalue weighted by atomic mass is 9.88. The average molecular weight is 256 g/mol. The Hall–Kier alpha value is -1.09. The topological polar surface area (TPSA) is 43.1 Å². The molecule has 0 saturated carbocycles. The van der Waals surface area contributed by atoms with Crippen molar-refractivity contribution in [3.05, 3.63) is 39.9 Å². The first-order valence-corrected chi connectivity index (χ1v) is 6.12. The van der Waals surface area contributed by atoms with Gasteiger partial charge in [-0.15, -0.1) is 11.6 Å². The van der Waals surface area contributed by atoms with Gasteiger partial charge in [0.05, 0.1) is 4.92 Å². The highest BCUT2D eigenvalue weighted by atomic mass is 35.5. The van der Waals surface area contributed by atoms with Gasteiger partial charge in [0, 0.05) is 17.5 Å². The van der Waals surface area contributed by atoms with Crippen molar-refractivity contribution < 1.29 is 4.92 Å². The van der Waals surface area contributed by atoms with E-state index in [4.69, 9.17) is 11.6 Å². The second-order valence-corrected chi connectivity index (χ2v) is 5.83. The number of nitro benzene ring substituents is 1. The molecule has 0 saturated heterocycles. The lowest BCUT2D eigenvalue weighted by Gasteiger charge is -2.24. The fraction of sp³-hybridized carbons (Fsp3) is 0.538. The van der Waals surface area contributed by atoms with Crippen LogP contribution in [0.4, 0.5) is 5.69 Å². The summed E-state index contributed by atoms with van der Waals surface area (Å²) in [6.45, 7) is 6.29. The lowest BCUT2D eigenvalue weighted by Crippen LogP contribution is -2.21. The maximum Gasteiger partial charge on any atom is 0.269 e. The maximum absolute atomic E-state index is 10.6. The van der Waals surface area contributed by atoms with Crippen molar-refractivity contribution in [2.24, 2.45) is 5.41 Å². The molecule has 94 valence electrons. The van der Waals surface area contributed by atoms with Gasteiger partial charge in [-0.25, -0.2) is 0 Å². The zero-order chi connectivity index (χ0) is 13.1. The second kappa shape index (κ2) is 5.50. The van der Waals surface area contributed by atoms with Crippen LogP contribution >= 0.6 is 11.6 Å². The number of benzene rings is 1. The Morgan fingerprint density at radius 1 is 1.41 bits per heavy atom. The number of alkyl halides is 1. The van der Waals surface area contributed by atoms with Gasteiger partial charge >= 0.3 is 0 Å². The highest BCUT2D eigenvalue weighted by Crippen LogP contribution is 2.28. The van der Waals surface area contributed by atoms with Crippen LogP contribution in [0.5, 0.6) is 0 Å². The maximum atomic E-state index is 10.6. The minimum absolute atomic E-state index is 0.0578. The van der Waals surface area contributed by atoms with E-state index < -0.39 is 0 Å². The van der Waals surface area contributed by atoms with Gasteiger partial charge in [0.1, 0.15) is 0 Å². The lowest BCUT2D eigenvalue weighted by molar-refractivity contribution is -0.384. The smallest absolute Gasteiger partial charge is 0.258 e. The Morgan fingerprint density at radius 2 is 2.06 bits per heavy atom. The summed E-state index contributed by atoms with van der Waals surface area (Å²) < 4.78 is 0. The SMILES string of the molecule is CC(C)(C)C(Cl)CCc1cccc([N+](=O)[O-])c1. The fourth-order valence-electron chi connectivity index (χ4n) is 1.55. The van der Waals surface area contributed by atoms with Crippen LogP contribution in [0.3, 0.4) is 0 Å². The van der Waals surface area contributed by atoms with Crippen LogP contribution in [-0.2, 0) is 6.42 Å².